The first-order chi connectivity index (χ1) is 8.06. The summed E-state index contributed by atoms with van der Waals surface area (Å²) < 4.78 is 0. The molecule has 7 nitrogen and oxygen atoms in total. The average Bonchev–Trinajstić information content (AvgIpc) is 2.28. The third-order valence-electron chi connectivity index (χ3n) is 2.09. The van der Waals surface area contributed by atoms with Gasteiger partial charge in [-0.2, -0.15) is 4.98 Å². The number of amides is 1. The van der Waals surface area contributed by atoms with Gasteiger partial charge in [0, 0.05) is 18.3 Å². The number of aryl methyl sites for hydroxylation is 1. The number of hydrogen-bond acceptors (Lipinski definition) is 6. The van der Waals surface area contributed by atoms with E-state index in [4.69, 9.17) is 5.84 Å². The third kappa shape index (κ3) is 3.87. The Hall–Kier alpha value is -1.89. The first-order valence-electron chi connectivity index (χ1n) is 5.43. The van der Waals surface area contributed by atoms with Crippen LogP contribution in [0.2, 0.25) is 0 Å². The summed E-state index contributed by atoms with van der Waals surface area (Å²) in [6.07, 6.45) is 0. The first kappa shape index (κ1) is 13.2. The lowest BCUT2D eigenvalue weighted by Crippen LogP contribution is -2.37. The van der Waals surface area contributed by atoms with Crippen LogP contribution in [0.3, 0.4) is 0 Å². The van der Waals surface area contributed by atoms with Crippen molar-refractivity contribution in [3.63, 3.8) is 0 Å². The van der Waals surface area contributed by atoms with Gasteiger partial charge in [-0.15, -0.1) is 0 Å². The molecule has 0 fully saturated rings. The number of nitrogen functional groups attached to an aromatic ring is 1. The van der Waals surface area contributed by atoms with E-state index in [1.807, 2.05) is 13.8 Å². The minimum absolute atomic E-state index is 0.0778. The minimum Gasteiger partial charge on any atom is -0.358 e. The van der Waals surface area contributed by atoms with Crippen molar-refractivity contribution >= 4 is 17.7 Å². The van der Waals surface area contributed by atoms with Crippen LogP contribution in [0.5, 0.6) is 0 Å². The van der Waals surface area contributed by atoms with Gasteiger partial charge in [0.15, 0.2) is 0 Å². The summed E-state index contributed by atoms with van der Waals surface area (Å²) in [4.78, 5) is 19.7. The topological polar surface area (TPSA) is 105 Å². The molecule has 1 unspecified atom stereocenters. The summed E-state index contributed by atoms with van der Waals surface area (Å²) >= 11 is 0. The fourth-order valence-corrected chi connectivity index (χ4v) is 1.32. The fraction of sp³-hybridized carbons (Fsp3) is 0.500. The zero-order valence-corrected chi connectivity index (χ0v) is 10.2. The maximum absolute atomic E-state index is 11.5. The zero-order valence-electron chi connectivity index (χ0n) is 10.2. The lowest BCUT2D eigenvalue weighted by Gasteiger charge is -2.14. The number of nitrogens with one attached hydrogen (secondary N) is 3. The highest BCUT2D eigenvalue weighted by atomic mass is 16.2. The van der Waals surface area contributed by atoms with Gasteiger partial charge in [-0.3, -0.25) is 10.2 Å². The molecular formula is C10H18N6O. The van der Waals surface area contributed by atoms with Gasteiger partial charge < -0.3 is 10.6 Å². The molecule has 0 radical (unpaired) electrons. The van der Waals surface area contributed by atoms with Gasteiger partial charge in [-0.25, -0.2) is 10.8 Å². The number of nitrogens with two attached hydrogens (primary N) is 1. The first-order valence-corrected chi connectivity index (χ1v) is 5.43. The number of carbonyl (C=O) groups is 1. The molecule has 0 bridgehead atoms. The van der Waals surface area contributed by atoms with Gasteiger partial charge in [-0.1, -0.05) is 0 Å². The molecule has 1 atom stereocenters. The van der Waals surface area contributed by atoms with E-state index in [9.17, 15) is 4.79 Å². The molecule has 0 aliphatic carbocycles. The number of likely N-dealkylation sites (N-methyl/N-ethyl adjacent to an activating group) is 1. The summed E-state index contributed by atoms with van der Waals surface area (Å²) in [5, 5.41) is 5.71. The molecule has 0 aliphatic rings. The van der Waals surface area contributed by atoms with E-state index in [1.165, 1.54) is 0 Å². The lowest BCUT2D eigenvalue weighted by atomic mass is 10.3. The molecule has 1 rings (SSSR count). The van der Waals surface area contributed by atoms with Crippen LogP contribution in [0.1, 0.15) is 19.5 Å². The van der Waals surface area contributed by atoms with E-state index in [2.05, 4.69) is 26.0 Å². The molecule has 0 saturated heterocycles. The summed E-state index contributed by atoms with van der Waals surface area (Å²) in [6.45, 7) is 6.06. The Labute approximate surface area is 100 Å². The standard InChI is InChI=1S/C10H18N6O/c1-4-12-9(17)7(3)14-8-5-6(2)13-10(15-8)16-11/h5,7H,4,11H2,1-3H3,(H,12,17)(H2,13,14,15,16). The number of rotatable bonds is 5. The van der Waals surface area contributed by atoms with Crippen LogP contribution < -0.4 is 21.9 Å². The van der Waals surface area contributed by atoms with E-state index >= 15 is 0 Å². The van der Waals surface area contributed by atoms with Crippen molar-refractivity contribution < 1.29 is 4.79 Å². The molecule has 94 valence electrons. The Morgan fingerprint density at radius 1 is 1.53 bits per heavy atom. The molecule has 7 heteroatoms. The number of anilines is 2. The average molecular weight is 238 g/mol. The Bertz CT molecular complexity index is 394. The second-order valence-electron chi connectivity index (χ2n) is 3.62. The largest absolute Gasteiger partial charge is 0.358 e. The summed E-state index contributed by atoms with van der Waals surface area (Å²) in [7, 11) is 0. The predicted molar refractivity (Wildman–Crippen MR) is 66.3 cm³/mol. The summed E-state index contributed by atoms with van der Waals surface area (Å²) in [6, 6.07) is 1.38. The van der Waals surface area contributed by atoms with E-state index in [-0.39, 0.29) is 11.9 Å². The maximum Gasteiger partial charge on any atom is 0.242 e. The summed E-state index contributed by atoms with van der Waals surface area (Å²) in [5.74, 6) is 6.04. The van der Waals surface area contributed by atoms with Gasteiger partial charge >= 0.3 is 0 Å². The van der Waals surface area contributed by atoms with Crippen LogP contribution in [-0.2, 0) is 4.79 Å². The molecule has 1 aromatic heterocycles. The molecule has 17 heavy (non-hydrogen) atoms. The van der Waals surface area contributed by atoms with Gasteiger partial charge in [-0.05, 0) is 20.8 Å². The van der Waals surface area contributed by atoms with Crippen LogP contribution >= 0.6 is 0 Å². The third-order valence-corrected chi connectivity index (χ3v) is 2.09. The Kier molecular flexibility index (Phi) is 4.65. The van der Waals surface area contributed by atoms with Crippen LogP contribution in [0.15, 0.2) is 6.07 Å². The van der Waals surface area contributed by atoms with E-state index in [0.29, 0.717) is 18.3 Å². The lowest BCUT2D eigenvalue weighted by molar-refractivity contribution is -0.121. The van der Waals surface area contributed by atoms with Crippen molar-refractivity contribution in [1.82, 2.24) is 15.3 Å². The maximum atomic E-state index is 11.5. The highest BCUT2D eigenvalue weighted by Gasteiger charge is 2.12. The number of aromatic nitrogens is 2. The minimum atomic E-state index is -0.366. The SMILES string of the molecule is CCNC(=O)C(C)Nc1cc(C)nc(NN)n1. The predicted octanol–water partition coefficient (Wildman–Crippen LogP) is 0.00712. The molecular weight excluding hydrogens is 220 g/mol. The Balaban J connectivity index is 2.73. The molecule has 5 N–H and O–H groups in total. The second-order valence-corrected chi connectivity index (χ2v) is 3.62. The van der Waals surface area contributed by atoms with Gasteiger partial charge in [0.25, 0.3) is 0 Å². The fourth-order valence-electron chi connectivity index (χ4n) is 1.32. The number of hydrogen-bond donors (Lipinski definition) is 4. The number of nitrogens with zero attached hydrogens (tertiary/aromatic N) is 2. The van der Waals surface area contributed by atoms with Crippen LogP contribution in [0, 0.1) is 6.92 Å². The normalized spacial score (nSPS) is 11.8. The molecule has 0 spiro atoms. The van der Waals surface area contributed by atoms with Crippen LogP contribution in [0.25, 0.3) is 0 Å². The smallest absolute Gasteiger partial charge is 0.242 e. The second kappa shape index (κ2) is 6.00. The molecule has 1 aromatic rings. The van der Waals surface area contributed by atoms with Gasteiger partial charge in [0.1, 0.15) is 11.9 Å². The van der Waals surface area contributed by atoms with Gasteiger partial charge in [0.05, 0.1) is 0 Å². The number of hydrazine groups is 1. The van der Waals surface area contributed by atoms with Crippen molar-refractivity contribution in [1.29, 1.82) is 0 Å². The van der Waals surface area contributed by atoms with E-state index in [1.54, 1.807) is 13.0 Å². The highest BCUT2D eigenvalue weighted by molar-refractivity contribution is 5.83. The molecule has 0 aromatic carbocycles. The molecule has 0 aliphatic heterocycles. The van der Waals surface area contributed by atoms with Crippen LogP contribution in [-0.4, -0.2) is 28.5 Å². The van der Waals surface area contributed by atoms with Gasteiger partial charge in [0.2, 0.25) is 11.9 Å². The number of carbonyl (C=O) groups excluding carboxylic acids is 1. The van der Waals surface area contributed by atoms with Crippen molar-refractivity contribution in [2.75, 3.05) is 17.3 Å². The summed E-state index contributed by atoms with van der Waals surface area (Å²) in [5.41, 5.74) is 3.14. The van der Waals surface area contributed by atoms with E-state index in [0.717, 1.165) is 5.69 Å². The van der Waals surface area contributed by atoms with Crippen molar-refractivity contribution in [2.45, 2.75) is 26.8 Å². The van der Waals surface area contributed by atoms with Crippen molar-refractivity contribution in [2.24, 2.45) is 5.84 Å². The van der Waals surface area contributed by atoms with E-state index < -0.39 is 0 Å². The highest BCUT2D eigenvalue weighted by Crippen LogP contribution is 2.09. The van der Waals surface area contributed by atoms with Crippen molar-refractivity contribution in [3.8, 4) is 0 Å². The molecule has 0 saturated carbocycles. The Morgan fingerprint density at radius 3 is 2.82 bits per heavy atom. The van der Waals surface area contributed by atoms with Crippen molar-refractivity contribution in [3.05, 3.63) is 11.8 Å². The molecule has 1 amide bonds. The quantitative estimate of drug-likeness (QED) is 0.425. The monoisotopic (exact) mass is 238 g/mol. The zero-order chi connectivity index (χ0) is 12.8. The molecule has 1 heterocycles. The Morgan fingerprint density at radius 2 is 2.24 bits per heavy atom. The van der Waals surface area contributed by atoms with Crippen LogP contribution in [0.4, 0.5) is 11.8 Å².